The Labute approximate surface area is 108 Å². The fourth-order valence-electron chi connectivity index (χ4n) is 1.90. The van der Waals surface area contributed by atoms with Crippen LogP contribution in [0.25, 0.3) is 0 Å². The Morgan fingerprint density at radius 3 is 2.24 bits per heavy atom. The average molecular weight is 255 g/mol. The van der Waals surface area contributed by atoms with E-state index in [0.29, 0.717) is 4.75 Å². The fourth-order valence-corrected chi connectivity index (χ4v) is 2.72. The van der Waals surface area contributed by atoms with Crippen LogP contribution in [0.5, 0.6) is 0 Å². The third kappa shape index (κ3) is 4.32. The highest BCUT2D eigenvalue weighted by molar-refractivity contribution is 8.00. The molecule has 0 heterocycles. The van der Waals surface area contributed by atoms with Gasteiger partial charge in [0.25, 0.3) is 0 Å². The van der Waals surface area contributed by atoms with E-state index < -0.39 is 0 Å². The van der Waals surface area contributed by atoms with Gasteiger partial charge < -0.3 is 5.32 Å². The smallest absolute Gasteiger partial charge is 0.123 e. The number of nitrogens with one attached hydrogen (secondary N) is 1. The van der Waals surface area contributed by atoms with Gasteiger partial charge in [0.2, 0.25) is 0 Å². The largest absolute Gasteiger partial charge is 0.311 e. The summed E-state index contributed by atoms with van der Waals surface area (Å²) in [7, 11) is 0. The summed E-state index contributed by atoms with van der Waals surface area (Å²) < 4.78 is 13.1. The zero-order valence-electron chi connectivity index (χ0n) is 10.9. The second-order valence-electron chi connectivity index (χ2n) is 4.32. The van der Waals surface area contributed by atoms with Gasteiger partial charge in [0.05, 0.1) is 0 Å². The molecule has 0 bridgehead atoms. The van der Waals surface area contributed by atoms with Gasteiger partial charge >= 0.3 is 0 Å². The molecule has 0 aromatic heterocycles. The Balaban J connectivity index is 2.43. The molecule has 0 amide bonds. The van der Waals surface area contributed by atoms with Crippen LogP contribution in [-0.2, 0) is 6.54 Å². The number of halogens is 1. The third-order valence-electron chi connectivity index (χ3n) is 3.41. The van der Waals surface area contributed by atoms with E-state index in [4.69, 9.17) is 0 Å². The summed E-state index contributed by atoms with van der Waals surface area (Å²) >= 11 is 1.93. The molecule has 0 aliphatic heterocycles. The van der Waals surface area contributed by atoms with Crippen LogP contribution in [0.2, 0.25) is 0 Å². The number of hydrogen-bond acceptors (Lipinski definition) is 2. The van der Waals surface area contributed by atoms with Gasteiger partial charge in [-0.3, -0.25) is 0 Å². The lowest BCUT2D eigenvalue weighted by atomic mass is 10.0. The highest BCUT2D eigenvalue weighted by atomic mass is 32.2. The third-order valence-corrected chi connectivity index (χ3v) is 5.00. The van der Waals surface area contributed by atoms with Crippen LogP contribution in [-0.4, -0.2) is 17.5 Å². The van der Waals surface area contributed by atoms with Gasteiger partial charge in [0.15, 0.2) is 0 Å². The summed E-state index contributed by atoms with van der Waals surface area (Å²) in [5, 5.41) is 3.47. The lowest BCUT2D eigenvalue weighted by Crippen LogP contribution is -2.36. The van der Waals surface area contributed by atoms with E-state index >= 15 is 0 Å². The maximum Gasteiger partial charge on any atom is 0.123 e. The van der Waals surface area contributed by atoms with Crippen LogP contribution < -0.4 is 5.32 Å². The lowest BCUT2D eigenvalue weighted by Gasteiger charge is -2.30. The van der Waals surface area contributed by atoms with Crippen molar-refractivity contribution in [2.24, 2.45) is 0 Å². The van der Waals surface area contributed by atoms with Crippen LogP contribution in [0.15, 0.2) is 24.3 Å². The summed E-state index contributed by atoms with van der Waals surface area (Å²) in [6, 6.07) is 6.69. The zero-order chi connectivity index (χ0) is 12.7. The van der Waals surface area contributed by atoms with E-state index in [0.717, 1.165) is 18.7 Å². The van der Waals surface area contributed by atoms with Crippen molar-refractivity contribution in [2.75, 3.05) is 12.8 Å². The van der Waals surface area contributed by atoms with Gasteiger partial charge in [0.1, 0.15) is 5.82 Å². The SMILES string of the molecule is CCC(CC)(CNCc1ccc(F)cc1)SC. The molecule has 1 nitrogen and oxygen atoms in total. The predicted octanol–water partition coefficient (Wildman–Crippen LogP) is 3.84. The monoisotopic (exact) mass is 255 g/mol. The van der Waals surface area contributed by atoms with E-state index in [1.165, 1.54) is 25.0 Å². The van der Waals surface area contributed by atoms with Gasteiger partial charge in [-0.25, -0.2) is 4.39 Å². The summed E-state index contributed by atoms with van der Waals surface area (Å²) in [6.45, 7) is 6.28. The van der Waals surface area contributed by atoms with Crippen molar-refractivity contribution in [1.29, 1.82) is 0 Å². The Morgan fingerprint density at radius 2 is 1.76 bits per heavy atom. The van der Waals surface area contributed by atoms with Crippen molar-refractivity contribution in [3.05, 3.63) is 35.6 Å². The Morgan fingerprint density at radius 1 is 1.18 bits per heavy atom. The maximum absolute atomic E-state index is 12.7. The number of rotatable bonds is 7. The molecular formula is C14H22FNS. The van der Waals surface area contributed by atoms with E-state index in [1.807, 2.05) is 23.9 Å². The van der Waals surface area contributed by atoms with Gasteiger partial charge in [-0.05, 0) is 36.8 Å². The normalized spacial score (nSPS) is 11.8. The minimum atomic E-state index is -0.172. The van der Waals surface area contributed by atoms with Crippen molar-refractivity contribution in [1.82, 2.24) is 5.32 Å². The van der Waals surface area contributed by atoms with Gasteiger partial charge in [-0.2, -0.15) is 11.8 Å². The highest BCUT2D eigenvalue weighted by Gasteiger charge is 2.23. The summed E-state index contributed by atoms with van der Waals surface area (Å²) in [4.78, 5) is 0. The molecule has 0 spiro atoms. The first-order chi connectivity index (χ1) is 8.15. The molecule has 1 N–H and O–H groups in total. The molecule has 0 aliphatic carbocycles. The molecule has 1 aromatic rings. The molecule has 0 atom stereocenters. The predicted molar refractivity (Wildman–Crippen MR) is 74.9 cm³/mol. The fraction of sp³-hybridized carbons (Fsp3) is 0.571. The Hall–Kier alpha value is -0.540. The standard InChI is InChI=1S/C14H22FNS/c1-4-14(5-2,17-3)11-16-10-12-6-8-13(15)9-7-12/h6-9,16H,4-5,10-11H2,1-3H3. The first-order valence-electron chi connectivity index (χ1n) is 6.16. The Kier molecular flexibility index (Phi) is 6.00. The van der Waals surface area contributed by atoms with E-state index in [2.05, 4.69) is 25.4 Å². The average Bonchev–Trinajstić information content (AvgIpc) is 2.38. The van der Waals surface area contributed by atoms with Crippen molar-refractivity contribution < 1.29 is 4.39 Å². The van der Waals surface area contributed by atoms with Crippen molar-refractivity contribution in [3.8, 4) is 0 Å². The zero-order valence-corrected chi connectivity index (χ0v) is 11.7. The van der Waals surface area contributed by atoms with E-state index in [9.17, 15) is 4.39 Å². The first-order valence-corrected chi connectivity index (χ1v) is 7.38. The van der Waals surface area contributed by atoms with Crippen LogP contribution in [0.4, 0.5) is 4.39 Å². The van der Waals surface area contributed by atoms with Gasteiger partial charge in [-0.1, -0.05) is 26.0 Å². The Bertz CT molecular complexity index is 311. The molecule has 3 heteroatoms. The lowest BCUT2D eigenvalue weighted by molar-refractivity contribution is 0.495. The molecule has 17 heavy (non-hydrogen) atoms. The van der Waals surface area contributed by atoms with Gasteiger partial charge in [-0.15, -0.1) is 0 Å². The molecular weight excluding hydrogens is 233 g/mol. The minimum Gasteiger partial charge on any atom is -0.311 e. The van der Waals surface area contributed by atoms with Crippen LogP contribution in [0, 0.1) is 5.82 Å². The molecule has 96 valence electrons. The number of thioether (sulfide) groups is 1. The summed E-state index contributed by atoms with van der Waals surface area (Å²) in [5.41, 5.74) is 1.13. The topological polar surface area (TPSA) is 12.0 Å². The number of benzene rings is 1. The van der Waals surface area contributed by atoms with Crippen molar-refractivity contribution in [3.63, 3.8) is 0 Å². The molecule has 0 fully saturated rings. The molecule has 1 rings (SSSR count). The first kappa shape index (κ1) is 14.5. The van der Waals surface area contributed by atoms with Gasteiger partial charge in [0, 0.05) is 17.8 Å². The highest BCUT2D eigenvalue weighted by Crippen LogP contribution is 2.29. The molecule has 0 saturated carbocycles. The van der Waals surface area contributed by atoms with Crippen LogP contribution in [0.3, 0.4) is 0 Å². The minimum absolute atomic E-state index is 0.172. The molecule has 0 radical (unpaired) electrons. The maximum atomic E-state index is 12.7. The second kappa shape index (κ2) is 7.02. The molecule has 0 unspecified atom stereocenters. The molecule has 1 aromatic carbocycles. The van der Waals surface area contributed by atoms with Crippen molar-refractivity contribution >= 4 is 11.8 Å². The van der Waals surface area contributed by atoms with Crippen LogP contribution in [0.1, 0.15) is 32.3 Å². The van der Waals surface area contributed by atoms with Crippen LogP contribution >= 0.6 is 11.8 Å². The summed E-state index contributed by atoms with van der Waals surface area (Å²) in [5.74, 6) is -0.172. The van der Waals surface area contributed by atoms with E-state index in [-0.39, 0.29) is 5.82 Å². The second-order valence-corrected chi connectivity index (χ2v) is 5.60. The van der Waals surface area contributed by atoms with E-state index in [1.54, 1.807) is 0 Å². The quantitative estimate of drug-likeness (QED) is 0.794. The summed E-state index contributed by atoms with van der Waals surface area (Å²) in [6.07, 6.45) is 4.51. The van der Waals surface area contributed by atoms with Crippen molar-refractivity contribution in [2.45, 2.75) is 38.0 Å². The molecule has 0 saturated heterocycles. The number of hydrogen-bond donors (Lipinski definition) is 1. The molecule has 0 aliphatic rings.